The number of nitrogens with zero attached hydrogens (tertiary/aromatic N) is 1. The number of likely N-dealkylation sites (tertiary alicyclic amines) is 1. The van der Waals surface area contributed by atoms with Crippen molar-refractivity contribution in [1.82, 2.24) is 4.90 Å². The van der Waals surface area contributed by atoms with Crippen LogP contribution in [-0.4, -0.2) is 58.9 Å². The lowest BCUT2D eigenvalue weighted by Gasteiger charge is -2.22. The molecule has 1 heterocycles. The molecule has 0 aromatic heterocycles. The van der Waals surface area contributed by atoms with Crippen molar-refractivity contribution in [2.24, 2.45) is 0 Å². The lowest BCUT2D eigenvalue weighted by Crippen LogP contribution is -2.33. The molecule has 2 rings (SSSR count). The minimum Gasteiger partial charge on any atom is -0.478 e. The van der Waals surface area contributed by atoms with Gasteiger partial charge >= 0.3 is 5.97 Å². The van der Waals surface area contributed by atoms with Crippen LogP contribution in [0.3, 0.4) is 0 Å². The van der Waals surface area contributed by atoms with Crippen molar-refractivity contribution in [2.45, 2.75) is 31.4 Å². The van der Waals surface area contributed by atoms with Crippen LogP contribution in [0.15, 0.2) is 49.1 Å². The SMILES string of the molecule is C=CCOCC(O)/C=C\C1CCC(=O)N1CCc1ccc(C(=O)O)cc1. The third-order valence-corrected chi connectivity index (χ3v) is 4.30. The summed E-state index contributed by atoms with van der Waals surface area (Å²) in [6.07, 6.45) is 6.32. The number of rotatable bonds is 10. The van der Waals surface area contributed by atoms with E-state index >= 15 is 0 Å². The van der Waals surface area contributed by atoms with Gasteiger partial charge in [0.05, 0.1) is 30.9 Å². The van der Waals surface area contributed by atoms with Crippen LogP contribution >= 0.6 is 0 Å². The smallest absolute Gasteiger partial charge is 0.335 e. The highest BCUT2D eigenvalue weighted by Gasteiger charge is 2.28. The van der Waals surface area contributed by atoms with Crippen molar-refractivity contribution in [2.75, 3.05) is 19.8 Å². The summed E-state index contributed by atoms with van der Waals surface area (Å²) in [6, 6.07) is 6.65. The highest BCUT2D eigenvalue weighted by atomic mass is 16.5. The maximum absolute atomic E-state index is 12.1. The highest BCUT2D eigenvalue weighted by molar-refractivity contribution is 5.87. The van der Waals surface area contributed by atoms with Crippen molar-refractivity contribution < 1.29 is 24.5 Å². The molecule has 2 unspecified atom stereocenters. The van der Waals surface area contributed by atoms with E-state index in [9.17, 15) is 14.7 Å². The molecule has 1 fully saturated rings. The number of carbonyl (C=O) groups excluding carboxylic acids is 1. The summed E-state index contributed by atoms with van der Waals surface area (Å²) < 4.78 is 5.20. The van der Waals surface area contributed by atoms with Crippen LogP contribution < -0.4 is 0 Å². The van der Waals surface area contributed by atoms with E-state index in [1.54, 1.807) is 41.3 Å². The molecule has 1 saturated heterocycles. The molecule has 0 saturated carbocycles. The number of carbonyl (C=O) groups is 2. The number of benzene rings is 1. The van der Waals surface area contributed by atoms with Gasteiger partial charge in [-0.2, -0.15) is 0 Å². The second kappa shape index (κ2) is 9.89. The maximum atomic E-state index is 12.1. The van der Waals surface area contributed by atoms with E-state index in [1.807, 2.05) is 6.08 Å². The molecule has 2 N–H and O–H groups in total. The van der Waals surface area contributed by atoms with Crippen LogP contribution in [0, 0.1) is 0 Å². The molecule has 0 aliphatic carbocycles. The van der Waals surface area contributed by atoms with Gasteiger partial charge in [0.25, 0.3) is 0 Å². The quantitative estimate of drug-likeness (QED) is 0.493. The summed E-state index contributed by atoms with van der Waals surface area (Å²) in [6.45, 7) is 4.69. The number of aliphatic hydroxyl groups excluding tert-OH is 1. The molecule has 1 aliphatic heterocycles. The summed E-state index contributed by atoms with van der Waals surface area (Å²) in [7, 11) is 0. The van der Waals surface area contributed by atoms with Gasteiger partial charge in [-0.15, -0.1) is 6.58 Å². The molecule has 6 heteroatoms. The van der Waals surface area contributed by atoms with E-state index in [4.69, 9.17) is 9.84 Å². The molecule has 0 radical (unpaired) electrons. The molecule has 1 amide bonds. The number of ether oxygens (including phenoxy) is 1. The van der Waals surface area contributed by atoms with Crippen LogP contribution in [0.5, 0.6) is 0 Å². The monoisotopic (exact) mass is 359 g/mol. The number of hydrogen-bond donors (Lipinski definition) is 2. The average molecular weight is 359 g/mol. The van der Waals surface area contributed by atoms with Crippen molar-refractivity contribution in [1.29, 1.82) is 0 Å². The summed E-state index contributed by atoms with van der Waals surface area (Å²) in [5, 5.41) is 18.8. The highest BCUT2D eigenvalue weighted by Crippen LogP contribution is 2.20. The second-order valence-electron chi connectivity index (χ2n) is 6.22. The zero-order chi connectivity index (χ0) is 18.9. The Kier molecular flexibility index (Phi) is 7.56. The fourth-order valence-electron chi connectivity index (χ4n) is 2.89. The molecule has 1 aromatic carbocycles. The van der Waals surface area contributed by atoms with Crippen LogP contribution in [0.2, 0.25) is 0 Å². The molecule has 1 aliphatic rings. The van der Waals surface area contributed by atoms with Gasteiger partial charge in [-0.3, -0.25) is 4.79 Å². The predicted molar refractivity (Wildman–Crippen MR) is 98.0 cm³/mol. The van der Waals surface area contributed by atoms with Crippen molar-refractivity contribution >= 4 is 11.9 Å². The minimum absolute atomic E-state index is 0.0325. The van der Waals surface area contributed by atoms with Gasteiger partial charge in [-0.05, 0) is 30.5 Å². The van der Waals surface area contributed by atoms with Gasteiger partial charge in [0.1, 0.15) is 0 Å². The zero-order valence-corrected chi connectivity index (χ0v) is 14.7. The molecule has 26 heavy (non-hydrogen) atoms. The number of carboxylic acid groups (broad SMARTS) is 1. The van der Waals surface area contributed by atoms with Crippen LogP contribution in [0.25, 0.3) is 0 Å². The summed E-state index contributed by atoms with van der Waals surface area (Å²) in [5.41, 5.74) is 1.23. The van der Waals surface area contributed by atoms with E-state index in [2.05, 4.69) is 6.58 Å². The fourth-order valence-corrected chi connectivity index (χ4v) is 2.89. The Hall–Kier alpha value is -2.44. The number of amides is 1. The Morgan fingerprint density at radius 2 is 2.12 bits per heavy atom. The number of aliphatic hydroxyl groups is 1. The first-order chi connectivity index (χ1) is 12.5. The van der Waals surface area contributed by atoms with Gasteiger partial charge in [-0.1, -0.05) is 30.4 Å². The maximum Gasteiger partial charge on any atom is 0.335 e. The lowest BCUT2D eigenvalue weighted by atomic mass is 10.1. The largest absolute Gasteiger partial charge is 0.478 e. The molecule has 6 nitrogen and oxygen atoms in total. The molecule has 0 spiro atoms. The lowest BCUT2D eigenvalue weighted by molar-refractivity contribution is -0.128. The molecule has 1 aromatic rings. The first-order valence-electron chi connectivity index (χ1n) is 8.68. The molecular weight excluding hydrogens is 334 g/mol. The minimum atomic E-state index is -0.952. The van der Waals surface area contributed by atoms with Crippen molar-refractivity contribution in [3.05, 3.63) is 60.2 Å². The van der Waals surface area contributed by atoms with Gasteiger partial charge in [-0.25, -0.2) is 4.79 Å². The Balaban J connectivity index is 1.88. The normalized spacial score (nSPS) is 18.4. The Labute approximate surface area is 153 Å². The van der Waals surface area contributed by atoms with Gasteiger partial charge in [0.15, 0.2) is 0 Å². The van der Waals surface area contributed by atoms with Gasteiger partial charge in [0.2, 0.25) is 5.91 Å². The van der Waals surface area contributed by atoms with E-state index < -0.39 is 12.1 Å². The third-order valence-electron chi connectivity index (χ3n) is 4.30. The third kappa shape index (κ3) is 5.82. The van der Waals surface area contributed by atoms with E-state index in [-0.39, 0.29) is 24.1 Å². The van der Waals surface area contributed by atoms with E-state index in [0.29, 0.717) is 26.0 Å². The second-order valence-corrected chi connectivity index (χ2v) is 6.22. The number of hydrogen-bond acceptors (Lipinski definition) is 4. The van der Waals surface area contributed by atoms with Crippen LogP contribution in [0.4, 0.5) is 0 Å². The predicted octanol–water partition coefficient (Wildman–Crippen LogP) is 2.04. The van der Waals surface area contributed by atoms with Gasteiger partial charge in [0, 0.05) is 13.0 Å². The van der Waals surface area contributed by atoms with E-state index in [1.165, 1.54) is 0 Å². The fraction of sp³-hybridized carbons (Fsp3) is 0.400. The average Bonchev–Trinajstić information content (AvgIpc) is 2.98. The summed E-state index contributed by atoms with van der Waals surface area (Å²) >= 11 is 0. The Morgan fingerprint density at radius 1 is 1.38 bits per heavy atom. The topological polar surface area (TPSA) is 87.1 Å². The Bertz CT molecular complexity index is 653. The molecule has 0 bridgehead atoms. The van der Waals surface area contributed by atoms with Crippen LogP contribution in [-0.2, 0) is 16.0 Å². The van der Waals surface area contributed by atoms with Gasteiger partial charge < -0.3 is 19.8 Å². The van der Waals surface area contributed by atoms with Crippen molar-refractivity contribution in [3.63, 3.8) is 0 Å². The zero-order valence-electron chi connectivity index (χ0n) is 14.7. The van der Waals surface area contributed by atoms with E-state index in [0.717, 1.165) is 12.0 Å². The number of aromatic carboxylic acids is 1. The summed E-state index contributed by atoms with van der Waals surface area (Å²) in [4.78, 5) is 24.8. The first kappa shape index (κ1) is 19.9. The molecule has 2 atom stereocenters. The Morgan fingerprint density at radius 3 is 2.77 bits per heavy atom. The van der Waals surface area contributed by atoms with Crippen LogP contribution in [0.1, 0.15) is 28.8 Å². The standard InChI is InChI=1S/C20H25NO5/c1-2-13-26-14-18(22)9-7-17-8-10-19(23)21(17)12-11-15-3-5-16(6-4-15)20(24)25/h2-7,9,17-18,22H,1,8,10-14H2,(H,24,25)/b9-7-. The molecule has 140 valence electrons. The summed E-state index contributed by atoms with van der Waals surface area (Å²) in [5.74, 6) is -0.855. The molecular formula is C20H25NO5. The number of carboxylic acids is 1. The first-order valence-corrected chi connectivity index (χ1v) is 8.68. The van der Waals surface area contributed by atoms with Crippen molar-refractivity contribution in [3.8, 4) is 0 Å².